The second-order valence-corrected chi connectivity index (χ2v) is 12.3. The number of likely N-dealkylation sites (tertiary alicyclic amines) is 2. The zero-order chi connectivity index (χ0) is 31.2. The van der Waals surface area contributed by atoms with Gasteiger partial charge in [-0.2, -0.15) is 5.10 Å². The predicted octanol–water partition coefficient (Wildman–Crippen LogP) is 3.48. The molecule has 0 aromatic heterocycles. The fourth-order valence-electron chi connectivity index (χ4n) is 7.22. The van der Waals surface area contributed by atoms with Gasteiger partial charge in [-0.1, -0.05) is 12.8 Å². The van der Waals surface area contributed by atoms with Crippen molar-refractivity contribution in [3.63, 3.8) is 0 Å². The molecule has 4 amide bonds. The average molecular weight is 612 g/mol. The molecular formula is C32H45N5O7. The molecule has 1 aromatic rings. The molecule has 3 fully saturated rings. The first-order valence-electron chi connectivity index (χ1n) is 16.0. The summed E-state index contributed by atoms with van der Waals surface area (Å²) in [4.78, 5) is 54.9. The van der Waals surface area contributed by atoms with E-state index in [4.69, 9.17) is 14.6 Å². The SMILES string of the molecule is COc1ccc(C2=NN(C3CCN(C(=O)[C@H](CCC(=O)N4CCCCC4)NC(=O)O)CC3)C(=O)[C@@H]3CCCC[C@H]23)cc1OC. The number of carbonyl (C=O) groups is 4. The van der Waals surface area contributed by atoms with Crippen LogP contribution in [0.25, 0.3) is 0 Å². The zero-order valence-corrected chi connectivity index (χ0v) is 25.8. The Morgan fingerprint density at radius 3 is 2.25 bits per heavy atom. The van der Waals surface area contributed by atoms with Crippen LogP contribution in [0.5, 0.6) is 11.5 Å². The van der Waals surface area contributed by atoms with Crippen LogP contribution in [0.15, 0.2) is 23.3 Å². The van der Waals surface area contributed by atoms with Gasteiger partial charge in [0.25, 0.3) is 0 Å². The van der Waals surface area contributed by atoms with Crippen LogP contribution in [0.3, 0.4) is 0 Å². The number of carboxylic acid groups (broad SMARTS) is 1. The van der Waals surface area contributed by atoms with Crippen LogP contribution in [0.2, 0.25) is 0 Å². The van der Waals surface area contributed by atoms with Gasteiger partial charge in [0, 0.05) is 50.0 Å². The van der Waals surface area contributed by atoms with Gasteiger partial charge < -0.3 is 29.7 Å². The highest BCUT2D eigenvalue weighted by Crippen LogP contribution is 2.40. The van der Waals surface area contributed by atoms with E-state index in [1.54, 1.807) is 29.0 Å². The van der Waals surface area contributed by atoms with Crippen molar-refractivity contribution in [2.24, 2.45) is 16.9 Å². The van der Waals surface area contributed by atoms with E-state index < -0.39 is 12.1 Å². The molecule has 12 nitrogen and oxygen atoms in total. The first-order chi connectivity index (χ1) is 21.3. The van der Waals surface area contributed by atoms with Gasteiger partial charge in [-0.05, 0) is 69.6 Å². The van der Waals surface area contributed by atoms with E-state index in [-0.39, 0.29) is 48.4 Å². The summed E-state index contributed by atoms with van der Waals surface area (Å²) < 4.78 is 11.0. The lowest BCUT2D eigenvalue weighted by Crippen LogP contribution is -2.55. The first-order valence-corrected chi connectivity index (χ1v) is 16.0. The molecule has 2 saturated heterocycles. The summed E-state index contributed by atoms with van der Waals surface area (Å²) in [5.74, 6) is 0.825. The molecule has 3 aliphatic heterocycles. The van der Waals surface area contributed by atoms with E-state index in [1.807, 2.05) is 18.2 Å². The number of ether oxygens (including phenoxy) is 2. The molecule has 4 aliphatic rings. The predicted molar refractivity (Wildman–Crippen MR) is 163 cm³/mol. The second-order valence-electron chi connectivity index (χ2n) is 12.3. The van der Waals surface area contributed by atoms with Crippen molar-refractivity contribution in [1.82, 2.24) is 20.1 Å². The summed E-state index contributed by atoms with van der Waals surface area (Å²) >= 11 is 0. The van der Waals surface area contributed by atoms with Gasteiger partial charge in [-0.25, -0.2) is 9.80 Å². The standard InChI is InChI=1S/C32H45N5O7/c1-43-26-12-10-21(20-27(26)44-2)29-23-8-4-5-9-24(23)30(39)37(34-29)22-14-18-36(19-15-22)31(40)25(33-32(41)42)11-13-28(38)35-16-6-3-7-17-35/h10,12,20,22-25,33H,3-9,11,13-19H2,1-2H3,(H,41,42)/t23-,24+,25-/m0/s1. The Kier molecular flexibility index (Phi) is 10.3. The van der Waals surface area contributed by atoms with Crippen LogP contribution in [-0.4, -0.2) is 102 Å². The molecule has 0 spiro atoms. The molecule has 2 N–H and O–H groups in total. The summed E-state index contributed by atoms with van der Waals surface area (Å²) in [6, 6.07) is 4.58. The van der Waals surface area contributed by atoms with E-state index in [2.05, 4.69) is 5.32 Å². The van der Waals surface area contributed by atoms with Crippen LogP contribution in [0.4, 0.5) is 4.79 Å². The van der Waals surface area contributed by atoms with Gasteiger partial charge in [-0.15, -0.1) is 0 Å². The molecular weight excluding hydrogens is 566 g/mol. The van der Waals surface area contributed by atoms with Crippen molar-refractivity contribution >= 4 is 29.5 Å². The number of amides is 4. The van der Waals surface area contributed by atoms with Gasteiger partial charge in [0.2, 0.25) is 17.7 Å². The molecule has 0 radical (unpaired) electrons. The minimum absolute atomic E-state index is 0.0406. The molecule has 5 rings (SSSR count). The molecule has 1 aliphatic carbocycles. The van der Waals surface area contributed by atoms with Crippen molar-refractivity contribution in [3.05, 3.63) is 23.8 Å². The smallest absolute Gasteiger partial charge is 0.405 e. The Bertz CT molecular complexity index is 1260. The zero-order valence-electron chi connectivity index (χ0n) is 25.8. The molecule has 0 unspecified atom stereocenters. The number of methoxy groups -OCH3 is 2. The minimum Gasteiger partial charge on any atom is -0.493 e. The lowest BCUT2D eigenvalue weighted by atomic mass is 9.73. The van der Waals surface area contributed by atoms with Gasteiger partial charge in [0.05, 0.1) is 26.0 Å². The maximum atomic E-state index is 13.8. The average Bonchev–Trinajstić information content (AvgIpc) is 3.06. The number of piperidine rings is 2. The Labute approximate surface area is 258 Å². The van der Waals surface area contributed by atoms with Gasteiger partial charge >= 0.3 is 6.09 Å². The third kappa shape index (κ3) is 6.94. The third-order valence-corrected chi connectivity index (χ3v) is 9.63. The van der Waals surface area contributed by atoms with Gasteiger partial charge in [0.1, 0.15) is 6.04 Å². The van der Waals surface area contributed by atoms with Crippen LogP contribution in [0.1, 0.15) is 76.2 Å². The first kappa shape index (κ1) is 31.6. The topological polar surface area (TPSA) is 141 Å². The summed E-state index contributed by atoms with van der Waals surface area (Å²) in [5.41, 5.74) is 1.80. The van der Waals surface area contributed by atoms with E-state index in [0.717, 1.165) is 56.2 Å². The number of nitrogens with one attached hydrogen (secondary N) is 1. The summed E-state index contributed by atoms with van der Waals surface area (Å²) in [6.07, 6.45) is 6.84. The Morgan fingerprint density at radius 1 is 0.909 bits per heavy atom. The normalized spacial score (nSPS) is 23.4. The number of fused-ring (bicyclic) bond motifs is 1. The number of hydrogen-bond acceptors (Lipinski definition) is 7. The maximum absolute atomic E-state index is 13.8. The fraction of sp³-hybridized carbons (Fsp3) is 0.656. The van der Waals surface area contributed by atoms with Gasteiger partial charge in [0.15, 0.2) is 11.5 Å². The highest BCUT2D eigenvalue weighted by molar-refractivity contribution is 6.07. The maximum Gasteiger partial charge on any atom is 0.405 e. The van der Waals surface area contributed by atoms with E-state index in [0.29, 0.717) is 50.5 Å². The molecule has 12 heteroatoms. The highest BCUT2D eigenvalue weighted by Gasteiger charge is 2.44. The van der Waals surface area contributed by atoms with E-state index in [9.17, 15) is 24.3 Å². The van der Waals surface area contributed by atoms with Crippen molar-refractivity contribution in [2.75, 3.05) is 40.4 Å². The highest BCUT2D eigenvalue weighted by atomic mass is 16.5. The fourth-order valence-corrected chi connectivity index (χ4v) is 7.22. The number of hydrogen-bond donors (Lipinski definition) is 2. The van der Waals surface area contributed by atoms with E-state index >= 15 is 0 Å². The molecule has 1 saturated carbocycles. The minimum atomic E-state index is -1.29. The van der Waals surface area contributed by atoms with Crippen molar-refractivity contribution in [2.45, 2.75) is 82.7 Å². The van der Waals surface area contributed by atoms with E-state index in [1.165, 1.54) is 0 Å². The molecule has 0 bridgehead atoms. The van der Waals surface area contributed by atoms with Crippen LogP contribution < -0.4 is 14.8 Å². The lowest BCUT2D eigenvalue weighted by Gasteiger charge is -2.43. The quantitative estimate of drug-likeness (QED) is 0.436. The molecule has 1 aromatic carbocycles. The number of rotatable bonds is 9. The summed E-state index contributed by atoms with van der Waals surface area (Å²) in [5, 5.41) is 18.4. The number of nitrogens with zero attached hydrogens (tertiary/aromatic N) is 4. The number of benzene rings is 1. The molecule has 240 valence electrons. The van der Waals surface area contributed by atoms with Crippen LogP contribution in [-0.2, 0) is 14.4 Å². The van der Waals surface area contributed by atoms with Gasteiger partial charge in [-0.3, -0.25) is 14.4 Å². The Hall–Kier alpha value is -3.83. The largest absolute Gasteiger partial charge is 0.493 e. The van der Waals surface area contributed by atoms with Crippen molar-refractivity contribution in [1.29, 1.82) is 0 Å². The Balaban J connectivity index is 1.27. The molecule has 3 heterocycles. The number of carbonyl (C=O) groups excluding carboxylic acids is 3. The van der Waals surface area contributed by atoms with Crippen LogP contribution >= 0.6 is 0 Å². The number of hydrazone groups is 1. The molecule has 3 atom stereocenters. The van der Waals surface area contributed by atoms with Crippen molar-refractivity contribution in [3.8, 4) is 11.5 Å². The van der Waals surface area contributed by atoms with Crippen LogP contribution in [0, 0.1) is 11.8 Å². The lowest BCUT2D eigenvalue weighted by molar-refractivity contribution is -0.143. The summed E-state index contributed by atoms with van der Waals surface area (Å²) in [6.45, 7) is 2.18. The van der Waals surface area contributed by atoms with Crippen molar-refractivity contribution < 1.29 is 33.8 Å². The third-order valence-electron chi connectivity index (χ3n) is 9.63. The Morgan fingerprint density at radius 2 is 1.59 bits per heavy atom. The summed E-state index contributed by atoms with van der Waals surface area (Å²) in [7, 11) is 3.20. The second kappa shape index (κ2) is 14.3. The monoisotopic (exact) mass is 611 g/mol. The molecule has 44 heavy (non-hydrogen) atoms.